The molecule has 0 bridgehead atoms. The second-order valence-corrected chi connectivity index (χ2v) is 14.2. The number of oxazole rings is 1. The number of amides is 4. The van der Waals surface area contributed by atoms with Crippen LogP contribution in [-0.4, -0.2) is 84.4 Å². The summed E-state index contributed by atoms with van der Waals surface area (Å²) in [5, 5.41) is 3.25. The van der Waals surface area contributed by atoms with Gasteiger partial charge in [-0.25, -0.2) is 19.1 Å². The lowest BCUT2D eigenvalue weighted by molar-refractivity contribution is -0.696. The van der Waals surface area contributed by atoms with Gasteiger partial charge in [-0.15, -0.1) is 5.06 Å². The van der Waals surface area contributed by atoms with Crippen molar-refractivity contribution in [2.24, 2.45) is 0 Å². The molecule has 4 amide bonds. The van der Waals surface area contributed by atoms with Crippen LogP contribution in [0.5, 0.6) is 0 Å². The number of rotatable bonds is 17. The second-order valence-electron chi connectivity index (χ2n) is 11.0. The van der Waals surface area contributed by atoms with Gasteiger partial charge in [-0.3, -0.25) is 23.6 Å². The number of unbranched alkanes of at least 4 members (excludes halogenated alkanes) is 2. The Hall–Kier alpha value is -4.46. The molecule has 0 radical (unpaired) electrons. The molecule has 0 unspecified atom stereocenters. The normalized spacial score (nSPS) is 13.7. The first-order valence-corrected chi connectivity index (χ1v) is 18.3. The summed E-state index contributed by atoms with van der Waals surface area (Å²) in [7, 11) is -8.30. The minimum absolute atomic E-state index is 0.00701. The number of urea groups is 1. The Morgan fingerprint density at radius 3 is 2.27 bits per heavy atom. The predicted octanol–water partition coefficient (Wildman–Crippen LogP) is 2.02. The van der Waals surface area contributed by atoms with E-state index in [2.05, 4.69) is 10.3 Å². The van der Waals surface area contributed by atoms with E-state index >= 15 is 0 Å². The summed E-state index contributed by atoms with van der Waals surface area (Å²) in [5.74, 6) is -2.44. The van der Waals surface area contributed by atoms with Gasteiger partial charge in [0.05, 0.1) is 11.5 Å². The Kier molecular flexibility index (Phi) is 12.2. The fraction of sp³-hybridized carbons (Fsp3) is 0.448. The minimum atomic E-state index is -4.26. The molecule has 0 saturated carbocycles. The highest BCUT2D eigenvalue weighted by Crippen LogP contribution is 2.28. The van der Waals surface area contributed by atoms with Crippen molar-refractivity contribution in [3.8, 4) is 11.5 Å². The van der Waals surface area contributed by atoms with E-state index in [1.54, 1.807) is 47.3 Å². The number of hydroxylamine groups is 2. The molecule has 2 aromatic heterocycles. The molecular formula is C29H36N5O12S2+. The van der Waals surface area contributed by atoms with Crippen LogP contribution in [0, 0.1) is 0 Å². The molecule has 1 saturated heterocycles. The molecule has 0 atom stereocenters. The summed E-state index contributed by atoms with van der Waals surface area (Å²) in [6.45, 7) is 0.546. The molecular weight excluding hydrogens is 674 g/mol. The SMILES string of the molecule is O=C(CCCCCNC(=O)N(CCCS(=O)(=O)O)c1ccc2nc(-c3cc[n+](CCCS(=O)(=O)O)cc3)oc2c1)ON1C(=O)CCC1=O. The third kappa shape index (κ3) is 11.1. The van der Waals surface area contributed by atoms with E-state index in [9.17, 15) is 40.6 Å². The lowest BCUT2D eigenvalue weighted by atomic mass is 10.2. The number of hydrogen-bond donors (Lipinski definition) is 3. The summed E-state index contributed by atoms with van der Waals surface area (Å²) in [6.07, 6.45) is 5.00. The van der Waals surface area contributed by atoms with E-state index in [0.29, 0.717) is 53.2 Å². The summed E-state index contributed by atoms with van der Waals surface area (Å²) in [5.41, 5.74) is 1.86. The highest BCUT2D eigenvalue weighted by molar-refractivity contribution is 7.86. The molecule has 1 aliphatic heterocycles. The third-order valence-electron chi connectivity index (χ3n) is 7.20. The molecule has 3 aromatic rings. The lowest BCUT2D eigenvalue weighted by Crippen LogP contribution is -2.41. The molecule has 17 nitrogen and oxygen atoms in total. The summed E-state index contributed by atoms with van der Waals surface area (Å²) in [4.78, 5) is 58.9. The van der Waals surface area contributed by atoms with Crippen molar-refractivity contribution in [3.63, 3.8) is 0 Å². The van der Waals surface area contributed by atoms with E-state index < -0.39 is 49.8 Å². The van der Waals surface area contributed by atoms with E-state index in [-0.39, 0.29) is 56.8 Å². The zero-order valence-corrected chi connectivity index (χ0v) is 27.4. The molecule has 1 aromatic carbocycles. The van der Waals surface area contributed by atoms with Crippen LogP contribution in [0.4, 0.5) is 10.5 Å². The monoisotopic (exact) mass is 710 g/mol. The molecule has 4 rings (SSSR count). The highest BCUT2D eigenvalue weighted by atomic mass is 32.2. The first-order valence-electron chi connectivity index (χ1n) is 15.1. The Labute approximate surface area is 276 Å². The van der Waals surface area contributed by atoms with E-state index in [1.165, 1.54) is 4.90 Å². The number of benzene rings is 1. The van der Waals surface area contributed by atoms with Gasteiger partial charge < -0.3 is 14.6 Å². The van der Waals surface area contributed by atoms with Crippen LogP contribution in [0.1, 0.15) is 51.4 Å². The number of nitrogens with one attached hydrogen (secondary N) is 1. The predicted molar refractivity (Wildman–Crippen MR) is 168 cm³/mol. The summed E-state index contributed by atoms with van der Waals surface area (Å²) in [6, 6.07) is 7.77. The molecule has 3 heterocycles. The first kappa shape index (κ1) is 36.4. The average Bonchev–Trinajstić information content (AvgIpc) is 3.58. The molecule has 1 aliphatic rings. The second kappa shape index (κ2) is 16.1. The van der Waals surface area contributed by atoms with Crippen molar-refractivity contribution in [2.45, 2.75) is 57.9 Å². The fourth-order valence-electron chi connectivity index (χ4n) is 4.80. The minimum Gasteiger partial charge on any atom is -0.436 e. The zero-order chi connectivity index (χ0) is 34.9. The van der Waals surface area contributed by atoms with Gasteiger partial charge in [0, 0.05) is 68.2 Å². The average molecular weight is 711 g/mol. The number of hydrogen-bond acceptors (Lipinski definition) is 11. The number of aryl methyl sites for hydroxylation is 1. The number of pyridine rings is 1. The van der Waals surface area contributed by atoms with E-state index in [0.717, 1.165) is 0 Å². The highest BCUT2D eigenvalue weighted by Gasteiger charge is 2.32. The van der Waals surface area contributed by atoms with E-state index in [4.69, 9.17) is 13.8 Å². The van der Waals surface area contributed by atoms with Gasteiger partial charge in [-0.1, -0.05) is 6.42 Å². The van der Waals surface area contributed by atoms with Crippen LogP contribution in [0.2, 0.25) is 0 Å². The smallest absolute Gasteiger partial charge is 0.333 e. The Bertz CT molecular complexity index is 1840. The van der Waals surface area contributed by atoms with Gasteiger partial charge in [0.2, 0.25) is 5.89 Å². The van der Waals surface area contributed by atoms with Gasteiger partial charge >= 0.3 is 12.0 Å². The Morgan fingerprint density at radius 1 is 0.938 bits per heavy atom. The first-order chi connectivity index (χ1) is 22.7. The molecule has 0 aliphatic carbocycles. The van der Waals surface area contributed by atoms with Crippen LogP contribution in [0.3, 0.4) is 0 Å². The largest absolute Gasteiger partial charge is 0.436 e. The number of carbonyl (C=O) groups excluding carboxylic acids is 4. The van der Waals surface area contributed by atoms with Crippen molar-refractivity contribution in [3.05, 3.63) is 42.7 Å². The van der Waals surface area contributed by atoms with Crippen LogP contribution in [-0.2, 0) is 46.0 Å². The molecule has 3 N–H and O–H groups in total. The van der Waals surface area contributed by atoms with Crippen LogP contribution in [0.15, 0.2) is 47.1 Å². The number of fused-ring (bicyclic) bond motifs is 1. The molecule has 1 fully saturated rings. The number of imide groups is 1. The van der Waals surface area contributed by atoms with E-state index in [1.807, 2.05) is 0 Å². The van der Waals surface area contributed by atoms with Crippen molar-refractivity contribution in [1.29, 1.82) is 0 Å². The van der Waals surface area contributed by atoms with Gasteiger partial charge in [0.1, 0.15) is 12.1 Å². The topological polar surface area (TPSA) is 235 Å². The lowest BCUT2D eigenvalue weighted by Gasteiger charge is -2.23. The quantitative estimate of drug-likeness (QED) is 0.0788. The van der Waals surface area contributed by atoms with Crippen molar-refractivity contribution in [2.75, 3.05) is 29.5 Å². The summed E-state index contributed by atoms with van der Waals surface area (Å²) < 4.78 is 70.2. The number of carbonyl (C=O) groups is 4. The Morgan fingerprint density at radius 2 is 1.60 bits per heavy atom. The van der Waals surface area contributed by atoms with Gasteiger partial charge in [-0.2, -0.15) is 16.8 Å². The molecule has 48 heavy (non-hydrogen) atoms. The standard InChI is InChI=1S/C29H35N5O12S2/c35-25-9-10-26(36)34(25)46-27(37)6-2-1-3-13-30-29(38)33(15-5-19-48(42,43)44)22-7-8-23-24(20-22)45-28(31-23)21-11-16-32(17-12-21)14-4-18-47(39,40)41/h7-8,11-12,16-17,20H,1-6,9-10,13-15,18-19H2,(H2-,30,38,39,40,41,42,43,44)/p+1. The number of nitrogens with zero attached hydrogens (tertiary/aromatic N) is 4. The maximum absolute atomic E-state index is 13.2. The van der Waals surface area contributed by atoms with Crippen LogP contribution >= 0.6 is 0 Å². The molecule has 0 spiro atoms. The van der Waals surface area contributed by atoms with Crippen LogP contribution < -0.4 is 14.8 Å². The maximum Gasteiger partial charge on any atom is 0.333 e. The maximum atomic E-state index is 13.2. The van der Waals surface area contributed by atoms with Gasteiger partial charge in [-0.05, 0) is 31.4 Å². The van der Waals surface area contributed by atoms with Crippen molar-refractivity contribution in [1.82, 2.24) is 15.4 Å². The van der Waals surface area contributed by atoms with Gasteiger partial charge in [0.25, 0.3) is 32.1 Å². The van der Waals surface area contributed by atoms with Crippen LogP contribution in [0.25, 0.3) is 22.6 Å². The van der Waals surface area contributed by atoms with Crippen molar-refractivity contribution < 1.29 is 58.9 Å². The molecule has 19 heteroatoms. The third-order valence-corrected chi connectivity index (χ3v) is 8.81. The number of aromatic nitrogens is 2. The van der Waals surface area contributed by atoms with Crippen molar-refractivity contribution >= 4 is 60.8 Å². The summed E-state index contributed by atoms with van der Waals surface area (Å²) >= 11 is 0. The van der Waals surface area contributed by atoms with Gasteiger partial charge in [0.15, 0.2) is 18.0 Å². The number of anilines is 1. The fourth-order valence-corrected chi connectivity index (χ4v) is 5.79. The Balaban J connectivity index is 1.34. The molecule has 260 valence electrons. The zero-order valence-electron chi connectivity index (χ0n) is 25.8.